The van der Waals surface area contributed by atoms with Gasteiger partial charge in [-0.25, -0.2) is 4.98 Å². The number of carbonyl (C=O) groups excluding carboxylic acids is 1. The van der Waals surface area contributed by atoms with Crippen LogP contribution in [0.15, 0.2) is 53.4 Å². The summed E-state index contributed by atoms with van der Waals surface area (Å²) in [4.78, 5) is 18.9. The largest absolute Gasteiger partial charge is 0.337 e. The molecule has 4 rings (SSSR count). The van der Waals surface area contributed by atoms with Crippen LogP contribution in [0, 0.1) is 6.92 Å². The molecule has 0 N–H and O–H groups in total. The van der Waals surface area contributed by atoms with Gasteiger partial charge in [0.1, 0.15) is 5.82 Å². The molecular formula is C19H19N3OS. The summed E-state index contributed by atoms with van der Waals surface area (Å²) in [6.07, 6.45) is 1.93. The van der Waals surface area contributed by atoms with Gasteiger partial charge in [-0.15, -0.1) is 0 Å². The molecule has 5 heteroatoms. The monoisotopic (exact) mass is 337 g/mol. The Morgan fingerprint density at radius 2 is 2.04 bits per heavy atom. The van der Waals surface area contributed by atoms with Crippen LogP contribution in [-0.2, 0) is 6.54 Å². The van der Waals surface area contributed by atoms with Gasteiger partial charge >= 0.3 is 0 Å². The molecule has 2 aromatic heterocycles. The first kappa shape index (κ1) is 15.1. The molecule has 0 bridgehead atoms. The van der Waals surface area contributed by atoms with Crippen LogP contribution in [0.25, 0.3) is 0 Å². The number of likely N-dealkylation sites (tertiary alicyclic amines) is 1. The number of imidazole rings is 1. The van der Waals surface area contributed by atoms with Crippen molar-refractivity contribution in [3.05, 3.63) is 76.0 Å². The minimum Gasteiger partial charge on any atom is -0.337 e. The maximum atomic E-state index is 12.4. The van der Waals surface area contributed by atoms with Crippen molar-refractivity contribution in [1.29, 1.82) is 0 Å². The molecule has 0 saturated carbocycles. The molecule has 122 valence electrons. The molecule has 4 nitrogen and oxygen atoms in total. The molecule has 1 amide bonds. The molecule has 0 unspecified atom stereocenters. The van der Waals surface area contributed by atoms with Crippen LogP contribution >= 0.6 is 11.3 Å². The first-order valence-corrected chi connectivity index (χ1v) is 9.04. The van der Waals surface area contributed by atoms with Crippen molar-refractivity contribution in [2.45, 2.75) is 19.4 Å². The van der Waals surface area contributed by atoms with Gasteiger partial charge in [0, 0.05) is 36.9 Å². The lowest BCUT2D eigenvalue weighted by Gasteiger charge is -2.39. The van der Waals surface area contributed by atoms with Crippen LogP contribution in [0.3, 0.4) is 0 Å². The van der Waals surface area contributed by atoms with Gasteiger partial charge in [0.05, 0.1) is 11.5 Å². The van der Waals surface area contributed by atoms with E-state index in [-0.39, 0.29) is 5.91 Å². The van der Waals surface area contributed by atoms with Crippen molar-refractivity contribution < 1.29 is 4.79 Å². The highest BCUT2D eigenvalue weighted by Gasteiger charge is 2.35. The van der Waals surface area contributed by atoms with Crippen LogP contribution in [0.5, 0.6) is 0 Å². The highest BCUT2D eigenvalue weighted by molar-refractivity contribution is 7.08. The van der Waals surface area contributed by atoms with Gasteiger partial charge in [0.25, 0.3) is 5.91 Å². The number of rotatable bonds is 4. The molecule has 3 heterocycles. The van der Waals surface area contributed by atoms with E-state index < -0.39 is 0 Å². The Morgan fingerprint density at radius 3 is 2.75 bits per heavy atom. The molecule has 0 aliphatic carbocycles. The summed E-state index contributed by atoms with van der Waals surface area (Å²) in [6.45, 7) is 4.42. The molecule has 24 heavy (non-hydrogen) atoms. The average molecular weight is 337 g/mol. The first-order chi connectivity index (χ1) is 11.7. The number of hydrogen-bond acceptors (Lipinski definition) is 3. The molecular weight excluding hydrogens is 318 g/mol. The van der Waals surface area contributed by atoms with Gasteiger partial charge in [-0.1, -0.05) is 30.3 Å². The summed E-state index contributed by atoms with van der Waals surface area (Å²) in [6, 6.07) is 12.3. The van der Waals surface area contributed by atoms with E-state index in [2.05, 4.69) is 40.7 Å². The molecule has 1 aliphatic rings. The van der Waals surface area contributed by atoms with E-state index in [1.165, 1.54) is 5.56 Å². The topological polar surface area (TPSA) is 38.1 Å². The van der Waals surface area contributed by atoms with E-state index >= 15 is 0 Å². The van der Waals surface area contributed by atoms with E-state index in [0.717, 1.165) is 36.7 Å². The van der Waals surface area contributed by atoms with Crippen molar-refractivity contribution in [2.75, 3.05) is 13.1 Å². The lowest BCUT2D eigenvalue weighted by molar-refractivity contribution is 0.0592. The third kappa shape index (κ3) is 2.76. The fourth-order valence-electron chi connectivity index (χ4n) is 3.15. The fourth-order valence-corrected chi connectivity index (χ4v) is 3.78. The van der Waals surface area contributed by atoms with Gasteiger partial charge in [0.2, 0.25) is 0 Å². The first-order valence-electron chi connectivity index (χ1n) is 8.10. The van der Waals surface area contributed by atoms with Gasteiger partial charge < -0.3 is 9.47 Å². The molecule has 1 fully saturated rings. The van der Waals surface area contributed by atoms with E-state index in [4.69, 9.17) is 0 Å². The van der Waals surface area contributed by atoms with Crippen LogP contribution in [-0.4, -0.2) is 33.4 Å². The standard InChI is InChI=1S/C19H19N3OS/c1-14-9-20-18(22(14)10-15-5-3-2-4-6-15)17-11-21(12-17)19(23)16-7-8-24-13-16/h2-9,13,17H,10-12H2,1H3. The maximum absolute atomic E-state index is 12.4. The van der Waals surface area contributed by atoms with E-state index in [1.54, 1.807) is 11.3 Å². The summed E-state index contributed by atoms with van der Waals surface area (Å²) in [5, 5.41) is 3.86. The van der Waals surface area contributed by atoms with Crippen molar-refractivity contribution in [3.63, 3.8) is 0 Å². The van der Waals surface area contributed by atoms with Crippen molar-refractivity contribution in [3.8, 4) is 0 Å². The normalized spacial score (nSPS) is 14.6. The number of aryl methyl sites for hydroxylation is 1. The van der Waals surface area contributed by atoms with Gasteiger partial charge in [-0.2, -0.15) is 11.3 Å². The summed E-state index contributed by atoms with van der Waals surface area (Å²) < 4.78 is 2.27. The zero-order valence-corrected chi connectivity index (χ0v) is 14.4. The molecule has 0 radical (unpaired) electrons. The minimum atomic E-state index is 0.130. The lowest BCUT2D eigenvalue weighted by atomic mass is 9.98. The number of nitrogens with zero attached hydrogens (tertiary/aromatic N) is 3. The Hall–Kier alpha value is -2.40. The Labute approximate surface area is 145 Å². The number of thiophene rings is 1. The SMILES string of the molecule is Cc1cnc(C2CN(C(=O)c3ccsc3)C2)n1Cc1ccccc1. The number of benzene rings is 1. The smallest absolute Gasteiger partial charge is 0.254 e. The van der Waals surface area contributed by atoms with Crippen LogP contribution in [0.1, 0.15) is 33.4 Å². The van der Waals surface area contributed by atoms with E-state index in [1.807, 2.05) is 34.0 Å². The molecule has 1 aromatic carbocycles. The Balaban J connectivity index is 1.48. The van der Waals surface area contributed by atoms with E-state index in [0.29, 0.717) is 5.92 Å². The second-order valence-corrected chi connectivity index (χ2v) is 7.03. The number of aromatic nitrogens is 2. The number of hydrogen-bond donors (Lipinski definition) is 0. The second-order valence-electron chi connectivity index (χ2n) is 6.25. The van der Waals surface area contributed by atoms with Crippen LogP contribution in [0.4, 0.5) is 0 Å². The van der Waals surface area contributed by atoms with Crippen molar-refractivity contribution in [1.82, 2.24) is 14.5 Å². The minimum absolute atomic E-state index is 0.130. The van der Waals surface area contributed by atoms with Crippen molar-refractivity contribution in [2.24, 2.45) is 0 Å². The third-order valence-corrected chi connectivity index (χ3v) is 5.25. The fraction of sp³-hybridized carbons (Fsp3) is 0.263. The highest BCUT2D eigenvalue weighted by Crippen LogP contribution is 2.29. The number of amides is 1. The number of carbonyl (C=O) groups is 1. The zero-order valence-electron chi connectivity index (χ0n) is 13.6. The average Bonchev–Trinajstić information content (AvgIpc) is 3.20. The quantitative estimate of drug-likeness (QED) is 0.730. The third-order valence-electron chi connectivity index (χ3n) is 4.57. The Morgan fingerprint density at radius 1 is 1.25 bits per heavy atom. The molecule has 0 spiro atoms. The Kier molecular flexibility index (Phi) is 3.94. The van der Waals surface area contributed by atoms with Crippen molar-refractivity contribution >= 4 is 17.2 Å². The summed E-state index contributed by atoms with van der Waals surface area (Å²) >= 11 is 1.56. The molecule has 3 aromatic rings. The van der Waals surface area contributed by atoms with Crippen LogP contribution < -0.4 is 0 Å². The van der Waals surface area contributed by atoms with Gasteiger partial charge in [-0.05, 0) is 23.9 Å². The summed E-state index contributed by atoms with van der Waals surface area (Å²) in [5.74, 6) is 1.54. The predicted molar refractivity (Wildman–Crippen MR) is 95.5 cm³/mol. The van der Waals surface area contributed by atoms with Gasteiger partial charge in [-0.3, -0.25) is 4.79 Å². The van der Waals surface area contributed by atoms with Crippen LogP contribution in [0.2, 0.25) is 0 Å². The summed E-state index contributed by atoms with van der Waals surface area (Å²) in [7, 11) is 0. The van der Waals surface area contributed by atoms with Gasteiger partial charge in [0.15, 0.2) is 0 Å². The second kappa shape index (κ2) is 6.24. The molecule has 1 aliphatic heterocycles. The molecule has 1 saturated heterocycles. The zero-order chi connectivity index (χ0) is 16.5. The highest BCUT2D eigenvalue weighted by atomic mass is 32.1. The van der Waals surface area contributed by atoms with E-state index in [9.17, 15) is 4.79 Å². The lowest BCUT2D eigenvalue weighted by Crippen LogP contribution is -2.49. The predicted octanol–water partition coefficient (Wildman–Crippen LogP) is 3.54. The maximum Gasteiger partial charge on any atom is 0.254 e. The molecule has 0 atom stereocenters. The Bertz CT molecular complexity index is 833. The summed E-state index contributed by atoms with van der Waals surface area (Å²) in [5.41, 5.74) is 3.23.